The minimum absolute atomic E-state index is 0.269. The number of sulfonamides is 1. The largest absolute Gasteiger partial charge is 0.320 e. The van der Waals surface area contributed by atoms with E-state index in [4.69, 9.17) is 0 Å². The molecule has 8 heteroatoms. The number of rotatable bonds is 7. The molecule has 0 bridgehead atoms. The van der Waals surface area contributed by atoms with Gasteiger partial charge in [-0.2, -0.15) is 5.10 Å². The molecule has 0 atom stereocenters. The van der Waals surface area contributed by atoms with Crippen LogP contribution in [0.1, 0.15) is 17.8 Å². The molecule has 110 valence electrons. The fraction of sp³-hybridized carbons (Fsp3) is 0.727. The second-order valence-corrected chi connectivity index (χ2v) is 6.27. The third kappa shape index (κ3) is 4.00. The van der Waals surface area contributed by atoms with E-state index in [9.17, 15) is 8.42 Å². The van der Waals surface area contributed by atoms with Gasteiger partial charge in [0, 0.05) is 20.6 Å². The first kappa shape index (κ1) is 16.1. The molecular formula is C11H23N5O2S. The van der Waals surface area contributed by atoms with Gasteiger partial charge in [-0.15, -0.1) is 4.83 Å². The molecule has 7 nitrogen and oxygen atoms in total. The van der Waals surface area contributed by atoms with E-state index in [1.54, 1.807) is 32.6 Å². The molecule has 0 saturated carbocycles. The molecule has 19 heavy (non-hydrogen) atoms. The Kier molecular flexibility index (Phi) is 5.48. The second kappa shape index (κ2) is 6.47. The van der Waals surface area contributed by atoms with Crippen LogP contribution in [0.5, 0.6) is 0 Å². The van der Waals surface area contributed by atoms with Gasteiger partial charge in [-0.05, 0) is 33.9 Å². The summed E-state index contributed by atoms with van der Waals surface area (Å²) >= 11 is 0. The van der Waals surface area contributed by atoms with Crippen molar-refractivity contribution >= 4 is 10.0 Å². The molecule has 0 fully saturated rings. The van der Waals surface area contributed by atoms with Crippen molar-refractivity contribution in [1.82, 2.24) is 24.9 Å². The number of aryl methyl sites for hydroxylation is 2. The van der Waals surface area contributed by atoms with E-state index in [1.807, 2.05) is 7.05 Å². The maximum atomic E-state index is 12.2. The topological polar surface area (TPSA) is 79.3 Å². The molecule has 0 amide bonds. The summed E-state index contributed by atoms with van der Waals surface area (Å²) in [6, 6.07) is 0. The Bertz CT molecular complexity index is 521. The lowest BCUT2D eigenvalue weighted by atomic mass is 10.4. The second-order valence-electron chi connectivity index (χ2n) is 4.67. The van der Waals surface area contributed by atoms with Gasteiger partial charge in [-0.25, -0.2) is 13.4 Å². The minimum atomic E-state index is -3.55. The molecule has 0 radical (unpaired) electrons. The first-order valence-electron chi connectivity index (χ1n) is 6.18. The summed E-state index contributed by atoms with van der Waals surface area (Å²) in [5.41, 5.74) is 1.19. The van der Waals surface area contributed by atoms with Crippen molar-refractivity contribution in [3.8, 4) is 0 Å². The number of aromatic nitrogens is 2. The van der Waals surface area contributed by atoms with Crippen molar-refractivity contribution in [3.63, 3.8) is 0 Å². The minimum Gasteiger partial charge on any atom is -0.320 e. The van der Waals surface area contributed by atoms with E-state index in [0.29, 0.717) is 17.9 Å². The van der Waals surface area contributed by atoms with Crippen molar-refractivity contribution in [3.05, 3.63) is 11.4 Å². The summed E-state index contributed by atoms with van der Waals surface area (Å²) in [6.07, 6.45) is 0.902. The molecule has 0 aliphatic heterocycles. The monoisotopic (exact) mass is 289 g/mol. The predicted molar refractivity (Wildman–Crippen MR) is 74.3 cm³/mol. The molecule has 0 spiro atoms. The van der Waals surface area contributed by atoms with Crippen LogP contribution in [0.3, 0.4) is 0 Å². The van der Waals surface area contributed by atoms with Gasteiger partial charge in [-0.3, -0.25) is 4.68 Å². The van der Waals surface area contributed by atoms with Crippen LogP contribution >= 0.6 is 0 Å². The summed E-state index contributed by atoms with van der Waals surface area (Å²) < 4.78 is 26.2. The van der Waals surface area contributed by atoms with Crippen molar-refractivity contribution in [2.24, 2.45) is 0 Å². The normalized spacial score (nSPS) is 12.3. The Labute approximate surface area is 115 Å². The summed E-state index contributed by atoms with van der Waals surface area (Å²) in [7, 11) is 1.61. The van der Waals surface area contributed by atoms with Gasteiger partial charge in [0.15, 0.2) is 0 Å². The highest BCUT2D eigenvalue weighted by Crippen LogP contribution is 2.19. The molecular weight excluding hydrogens is 266 g/mol. The summed E-state index contributed by atoms with van der Waals surface area (Å²) in [6.45, 7) is 5.07. The zero-order valence-electron chi connectivity index (χ0n) is 12.2. The van der Waals surface area contributed by atoms with Gasteiger partial charge in [0.05, 0.1) is 11.4 Å². The molecule has 1 aromatic heterocycles. The average molecular weight is 289 g/mol. The van der Waals surface area contributed by atoms with E-state index in [2.05, 4.69) is 15.2 Å². The lowest BCUT2D eigenvalue weighted by Crippen LogP contribution is -2.36. The highest BCUT2D eigenvalue weighted by molar-refractivity contribution is 7.89. The van der Waals surface area contributed by atoms with Crippen LogP contribution in [-0.4, -0.2) is 50.9 Å². The standard InChI is InChI=1S/C11H23N5O2S/c1-9-11(19(17,18)14-15(4)5)10(2)16(13-9)8-6-7-12-3/h12,14H,6-8H2,1-5H3. The Hall–Kier alpha value is -0.960. The Morgan fingerprint density at radius 1 is 1.32 bits per heavy atom. The lowest BCUT2D eigenvalue weighted by molar-refractivity contribution is 0.363. The first-order chi connectivity index (χ1) is 8.79. The molecule has 1 aromatic rings. The van der Waals surface area contributed by atoms with Crippen molar-refractivity contribution < 1.29 is 8.42 Å². The van der Waals surface area contributed by atoms with Gasteiger partial charge < -0.3 is 5.32 Å². The third-order valence-electron chi connectivity index (χ3n) is 2.68. The lowest BCUT2D eigenvalue weighted by Gasteiger charge is -2.12. The molecule has 2 N–H and O–H groups in total. The Balaban J connectivity index is 3.03. The fourth-order valence-electron chi connectivity index (χ4n) is 1.98. The van der Waals surface area contributed by atoms with Crippen LogP contribution in [0.4, 0.5) is 0 Å². The van der Waals surface area contributed by atoms with Gasteiger partial charge >= 0.3 is 0 Å². The molecule has 0 aromatic carbocycles. The zero-order valence-corrected chi connectivity index (χ0v) is 13.0. The SMILES string of the molecule is CNCCCn1nc(C)c(S(=O)(=O)NN(C)C)c1C. The van der Waals surface area contributed by atoms with Crippen LogP contribution in [0.15, 0.2) is 4.90 Å². The van der Waals surface area contributed by atoms with Gasteiger partial charge in [-0.1, -0.05) is 0 Å². The van der Waals surface area contributed by atoms with Crippen LogP contribution in [0, 0.1) is 13.8 Å². The van der Waals surface area contributed by atoms with E-state index in [-0.39, 0.29) is 4.90 Å². The highest BCUT2D eigenvalue weighted by atomic mass is 32.2. The van der Waals surface area contributed by atoms with Crippen molar-refractivity contribution in [2.45, 2.75) is 31.7 Å². The number of nitrogens with zero attached hydrogens (tertiary/aromatic N) is 3. The highest BCUT2D eigenvalue weighted by Gasteiger charge is 2.24. The molecule has 0 unspecified atom stereocenters. The van der Waals surface area contributed by atoms with E-state index in [1.165, 1.54) is 5.01 Å². The number of hydrazine groups is 1. The Morgan fingerprint density at radius 3 is 2.47 bits per heavy atom. The fourth-order valence-corrected chi connectivity index (χ4v) is 3.47. The summed E-state index contributed by atoms with van der Waals surface area (Å²) in [4.78, 5) is 2.71. The summed E-state index contributed by atoms with van der Waals surface area (Å²) in [5.74, 6) is 0. The van der Waals surface area contributed by atoms with Crippen molar-refractivity contribution in [1.29, 1.82) is 0 Å². The molecule has 0 aliphatic rings. The van der Waals surface area contributed by atoms with Gasteiger partial charge in [0.25, 0.3) is 10.0 Å². The maximum absolute atomic E-state index is 12.2. The number of hydrogen-bond donors (Lipinski definition) is 2. The zero-order chi connectivity index (χ0) is 14.6. The average Bonchev–Trinajstić information content (AvgIpc) is 2.53. The molecule has 1 heterocycles. The molecule has 0 saturated heterocycles. The number of nitrogens with one attached hydrogen (secondary N) is 2. The Morgan fingerprint density at radius 2 is 1.95 bits per heavy atom. The predicted octanol–water partition coefficient (Wildman–Crippen LogP) is -0.136. The van der Waals surface area contributed by atoms with Crippen LogP contribution in [0.25, 0.3) is 0 Å². The number of hydrogen-bond acceptors (Lipinski definition) is 5. The van der Waals surface area contributed by atoms with Crippen LogP contribution < -0.4 is 10.1 Å². The van der Waals surface area contributed by atoms with E-state index < -0.39 is 10.0 Å². The van der Waals surface area contributed by atoms with E-state index >= 15 is 0 Å². The molecule has 1 rings (SSSR count). The quantitative estimate of drug-likeness (QED) is 0.540. The van der Waals surface area contributed by atoms with Gasteiger partial charge in [0.1, 0.15) is 4.90 Å². The van der Waals surface area contributed by atoms with E-state index in [0.717, 1.165) is 13.0 Å². The van der Waals surface area contributed by atoms with Crippen LogP contribution in [-0.2, 0) is 16.6 Å². The summed E-state index contributed by atoms with van der Waals surface area (Å²) in [5, 5.41) is 8.77. The maximum Gasteiger partial charge on any atom is 0.257 e. The molecule has 0 aliphatic carbocycles. The van der Waals surface area contributed by atoms with Gasteiger partial charge in [0.2, 0.25) is 0 Å². The van der Waals surface area contributed by atoms with Crippen molar-refractivity contribution in [2.75, 3.05) is 27.7 Å². The third-order valence-corrected chi connectivity index (χ3v) is 4.42. The smallest absolute Gasteiger partial charge is 0.257 e. The van der Waals surface area contributed by atoms with Crippen LogP contribution in [0.2, 0.25) is 0 Å². The first-order valence-corrected chi connectivity index (χ1v) is 7.66.